The number of fused-ring (bicyclic) bond motifs is 2. The molecule has 0 spiro atoms. The molecule has 0 saturated carbocycles. The Labute approximate surface area is 205 Å². The SMILES string of the molecule is CC1=[N+](c2cc(O[C@@H](C)C3COC3)c3c(Nc4ccc5ncsc5c4F)ncnc3c2)CCNC1. The van der Waals surface area contributed by atoms with Gasteiger partial charge < -0.3 is 20.1 Å². The Morgan fingerprint density at radius 1 is 1.23 bits per heavy atom. The standard InChI is InChI=1S/C25H26FN6O2S/c1-14-9-27-5-6-32(14)17-7-20-22(21(8-17)34-15(2)16-10-33-11-16)25(29-12-28-20)31-18-3-4-19-24(23(18)26)35-13-30-19/h3-4,7-8,12-13,15-16,27H,5-6,9-11H2,1-2H3,(H,28,29,31)/q+1/t15-/m0/s1. The van der Waals surface area contributed by atoms with Crippen molar-refractivity contribution in [3.05, 3.63) is 41.9 Å². The van der Waals surface area contributed by atoms with Crippen LogP contribution in [0.2, 0.25) is 0 Å². The fourth-order valence-electron chi connectivity index (χ4n) is 4.52. The van der Waals surface area contributed by atoms with E-state index in [1.54, 1.807) is 17.6 Å². The molecular formula is C25H26FN6O2S+. The van der Waals surface area contributed by atoms with Gasteiger partial charge in [0.1, 0.15) is 24.0 Å². The van der Waals surface area contributed by atoms with E-state index in [1.807, 2.05) is 12.1 Å². The second-order valence-electron chi connectivity index (χ2n) is 9.00. The highest BCUT2D eigenvalue weighted by atomic mass is 32.1. The van der Waals surface area contributed by atoms with E-state index in [2.05, 4.69) is 44.0 Å². The molecule has 4 aromatic rings. The van der Waals surface area contributed by atoms with Crippen LogP contribution in [0.1, 0.15) is 13.8 Å². The number of nitrogens with zero attached hydrogens (tertiary/aromatic N) is 4. The van der Waals surface area contributed by atoms with Gasteiger partial charge in [0.2, 0.25) is 5.69 Å². The van der Waals surface area contributed by atoms with Crippen molar-refractivity contribution in [2.75, 3.05) is 38.2 Å². The molecule has 1 fully saturated rings. The van der Waals surface area contributed by atoms with Crippen LogP contribution in [0.15, 0.2) is 36.1 Å². The normalized spacial score (nSPS) is 17.6. The van der Waals surface area contributed by atoms with E-state index in [-0.39, 0.29) is 11.9 Å². The van der Waals surface area contributed by atoms with Gasteiger partial charge in [0.05, 0.1) is 64.7 Å². The zero-order valence-corrected chi connectivity index (χ0v) is 20.4. The highest BCUT2D eigenvalue weighted by molar-refractivity contribution is 7.16. The number of nitrogens with one attached hydrogen (secondary N) is 2. The Morgan fingerprint density at radius 2 is 2.11 bits per heavy atom. The minimum Gasteiger partial charge on any atom is -0.489 e. The third-order valence-electron chi connectivity index (χ3n) is 6.68. The van der Waals surface area contributed by atoms with Gasteiger partial charge in [0, 0.05) is 18.9 Å². The molecule has 2 aliphatic heterocycles. The van der Waals surface area contributed by atoms with Gasteiger partial charge in [0.15, 0.2) is 18.1 Å². The molecular weight excluding hydrogens is 467 g/mol. The Hall–Kier alpha value is -3.21. The summed E-state index contributed by atoms with van der Waals surface area (Å²) in [5.74, 6) is 1.15. The van der Waals surface area contributed by atoms with Crippen LogP contribution >= 0.6 is 11.3 Å². The van der Waals surface area contributed by atoms with Crippen LogP contribution in [0, 0.1) is 11.7 Å². The fraction of sp³-hybridized carbons (Fsp3) is 0.360. The van der Waals surface area contributed by atoms with E-state index in [9.17, 15) is 0 Å². The van der Waals surface area contributed by atoms with Crippen LogP contribution in [0.3, 0.4) is 0 Å². The number of hydrogen-bond acceptors (Lipinski definition) is 8. The topological polar surface area (TPSA) is 84.2 Å². The molecule has 2 aromatic heterocycles. The maximum atomic E-state index is 15.2. The number of thiazole rings is 1. The summed E-state index contributed by atoms with van der Waals surface area (Å²) in [6, 6.07) is 7.58. The lowest BCUT2D eigenvalue weighted by atomic mass is 10.0. The average molecular weight is 494 g/mol. The van der Waals surface area contributed by atoms with Crippen LogP contribution in [0.5, 0.6) is 5.75 Å². The Morgan fingerprint density at radius 3 is 2.91 bits per heavy atom. The molecule has 35 heavy (non-hydrogen) atoms. The predicted octanol–water partition coefficient (Wildman–Crippen LogP) is 4.24. The van der Waals surface area contributed by atoms with Crippen molar-refractivity contribution in [1.29, 1.82) is 0 Å². The first kappa shape index (κ1) is 22.3. The van der Waals surface area contributed by atoms with Crippen LogP contribution in [0.4, 0.5) is 21.6 Å². The van der Waals surface area contributed by atoms with E-state index >= 15 is 4.39 Å². The monoisotopic (exact) mass is 493 g/mol. The summed E-state index contributed by atoms with van der Waals surface area (Å²) in [6.45, 7) is 8.14. The second kappa shape index (κ2) is 9.10. The van der Waals surface area contributed by atoms with E-state index in [4.69, 9.17) is 9.47 Å². The average Bonchev–Trinajstić information content (AvgIpc) is 3.30. The summed E-state index contributed by atoms with van der Waals surface area (Å²) in [7, 11) is 0. The molecule has 1 atom stereocenters. The van der Waals surface area contributed by atoms with Crippen molar-refractivity contribution in [2.45, 2.75) is 20.0 Å². The van der Waals surface area contributed by atoms with Gasteiger partial charge in [-0.3, -0.25) is 0 Å². The van der Waals surface area contributed by atoms with E-state index in [0.29, 0.717) is 46.6 Å². The van der Waals surface area contributed by atoms with E-state index in [0.717, 1.165) is 36.2 Å². The lowest BCUT2D eigenvalue weighted by Gasteiger charge is -2.32. The first-order chi connectivity index (χ1) is 17.1. The van der Waals surface area contributed by atoms with Crippen molar-refractivity contribution in [3.63, 3.8) is 0 Å². The van der Waals surface area contributed by atoms with Gasteiger partial charge >= 0.3 is 0 Å². The summed E-state index contributed by atoms with van der Waals surface area (Å²) in [5.41, 5.74) is 5.60. The van der Waals surface area contributed by atoms with Crippen LogP contribution in [-0.2, 0) is 4.74 Å². The number of ether oxygens (including phenoxy) is 2. The molecule has 1 saturated heterocycles. The Kier molecular flexibility index (Phi) is 5.79. The second-order valence-corrected chi connectivity index (χ2v) is 9.85. The van der Waals surface area contributed by atoms with Gasteiger partial charge in [-0.1, -0.05) is 0 Å². The number of anilines is 2. The quantitative estimate of drug-likeness (QED) is 0.389. The number of aromatic nitrogens is 3. The Bertz CT molecular complexity index is 1450. The van der Waals surface area contributed by atoms with Crippen LogP contribution in [-0.4, -0.2) is 64.2 Å². The maximum absolute atomic E-state index is 15.2. The highest BCUT2D eigenvalue weighted by Gasteiger charge is 2.29. The molecule has 0 amide bonds. The van der Waals surface area contributed by atoms with Gasteiger partial charge in [0.25, 0.3) is 0 Å². The first-order valence-electron chi connectivity index (χ1n) is 11.7. The number of hydrogen-bond donors (Lipinski definition) is 2. The van der Waals surface area contributed by atoms with Gasteiger partial charge in [-0.05, 0) is 19.1 Å². The molecule has 8 nitrogen and oxygen atoms in total. The number of halogens is 1. The third kappa shape index (κ3) is 4.11. The third-order valence-corrected chi connectivity index (χ3v) is 7.52. The fourth-order valence-corrected chi connectivity index (χ4v) is 5.25. The molecule has 2 aromatic carbocycles. The number of benzene rings is 2. The maximum Gasteiger partial charge on any atom is 0.211 e. The molecule has 4 heterocycles. The lowest BCUT2D eigenvalue weighted by molar-refractivity contribution is -0.444. The summed E-state index contributed by atoms with van der Waals surface area (Å²) >= 11 is 1.28. The van der Waals surface area contributed by atoms with Gasteiger partial charge in [-0.2, -0.15) is 4.58 Å². The van der Waals surface area contributed by atoms with E-state index in [1.165, 1.54) is 23.4 Å². The molecule has 10 heteroatoms. The summed E-state index contributed by atoms with van der Waals surface area (Å²) in [4.78, 5) is 13.2. The smallest absolute Gasteiger partial charge is 0.211 e. The molecule has 2 aliphatic rings. The van der Waals surface area contributed by atoms with E-state index < -0.39 is 0 Å². The molecule has 180 valence electrons. The molecule has 0 aliphatic carbocycles. The zero-order chi connectivity index (χ0) is 23.9. The Balaban J connectivity index is 1.47. The molecule has 6 rings (SSSR count). The van der Waals surface area contributed by atoms with Crippen LogP contribution in [0.25, 0.3) is 21.1 Å². The molecule has 0 bridgehead atoms. The van der Waals surface area contributed by atoms with Gasteiger partial charge in [-0.15, -0.1) is 11.3 Å². The minimum absolute atomic E-state index is 0.0476. The van der Waals surface area contributed by atoms with Crippen LogP contribution < -0.4 is 15.4 Å². The van der Waals surface area contributed by atoms with Crippen molar-refractivity contribution < 1.29 is 18.4 Å². The molecule has 2 N–H and O–H groups in total. The van der Waals surface area contributed by atoms with Crippen molar-refractivity contribution in [2.24, 2.45) is 5.92 Å². The largest absolute Gasteiger partial charge is 0.489 e. The predicted molar refractivity (Wildman–Crippen MR) is 135 cm³/mol. The highest BCUT2D eigenvalue weighted by Crippen LogP contribution is 2.38. The van der Waals surface area contributed by atoms with Crippen molar-refractivity contribution >= 4 is 55.4 Å². The summed E-state index contributed by atoms with van der Waals surface area (Å²) in [6.07, 6.45) is 1.45. The molecule has 0 radical (unpaired) electrons. The zero-order valence-electron chi connectivity index (χ0n) is 19.5. The van der Waals surface area contributed by atoms with Crippen molar-refractivity contribution in [3.8, 4) is 5.75 Å². The number of rotatable bonds is 6. The molecule has 0 unspecified atom stereocenters. The minimum atomic E-state index is -0.345. The lowest BCUT2D eigenvalue weighted by Crippen LogP contribution is -2.39. The first-order valence-corrected chi connectivity index (χ1v) is 12.6. The van der Waals surface area contributed by atoms with Crippen molar-refractivity contribution in [1.82, 2.24) is 20.3 Å². The van der Waals surface area contributed by atoms with Gasteiger partial charge in [-0.25, -0.2) is 19.3 Å². The summed E-state index contributed by atoms with van der Waals surface area (Å²) in [5, 5.41) is 7.32. The summed E-state index contributed by atoms with van der Waals surface area (Å²) < 4.78 is 29.9.